The lowest BCUT2D eigenvalue weighted by atomic mass is 10.0. The predicted octanol–water partition coefficient (Wildman–Crippen LogP) is 1.64. The maximum Gasteiger partial charge on any atom is 0.0922 e. The molecule has 0 radical (unpaired) electrons. The molecule has 13 heavy (non-hydrogen) atoms. The third-order valence-corrected chi connectivity index (χ3v) is 2.69. The summed E-state index contributed by atoms with van der Waals surface area (Å²) in [7, 11) is 0. The van der Waals surface area contributed by atoms with Crippen molar-refractivity contribution in [3.05, 3.63) is 18.2 Å². The van der Waals surface area contributed by atoms with E-state index in [2.05, 4.69) is 21.8 Å². The number of nitrogens with zero attached hydrogens (tertiary/aromatic N) is 2. The molecule has 1 N–H and O–H groups in total. The molecule has 3 heteroatoms. The Morgan fingerprint density at radius 1 is 1.69 bits per heavy atom. The third kappa shape index (κ3) is 2.31. The summed E-state index contributed by atoms with van der Waals surface area (Å²) >= 11 is 0. The van der Waals surface area contributed by atoms with Crippen molar-refractivity contribution in [3.8, 4) is 0 Å². The fourth-order valence-corrected chi connectivity index (χ4v) is 2.04. The van der Waals surface area contributed by atoms with Crippen LogP contribution in [0.4, 0.5) is 0 Å². The summed E-state index contributed by atoms with van der Waals surface area (Å²) in [6, 6.07) is 0. The maximum absolute atomic E-state index is 4.02. The number of likely N-dealkylation sites (tertiary alicyclic amines) is 1. The van der Waals surface area contributed by atoms with Crippen molar-refractivity contribution in [1.29, 1.82) is 0 Å². The summed E-state index contributed by atoms with van der Waals surface area (Å²) in [4.78, 5) is 9.67. The molecule has 1 aromatic heterocycles. The Kier molecular flexibility index (Phi) is 2.64. The molecule has 3 nitrogen and oxygen atoms in total. The van der Waals surface area contributed by atoms with Crippen molar-refractivity contribution in [2.24, 2.45) is 5.92 Å². The zero-order chi connectivity index (χ0) is 9.10. The molecule has 0 aliphatic carbocycles. The smallest absolute Gasteiger partial charge is 0.0922 e. The molecule has 0 amide bonds. The number of imidazole rings is 1. The van der Waals surface area contributed by atoms with Gasteiger partial charge in [0, 0.05) is 25.0 Å². The third-order valence-electron chi connectivity index (χ3n) is 2.69. The largest absolute Gasteiger partial charge is 0.347 e. The zero-order valence-electron chi connectivity index (χ0n) is 8.16. The second-order valence-corrected chi connectivity index (χ2v) is 4.06. The lowest BCUT2D eigenvalue weighted by Gasteiger charge is -2.30. The molecular weight excluding hydrogens is 162 g/mol. The number of hydrogen-bond donors (Lipinski definition) is 1. The zero-order valence-corrected chi connectivity index (χ0v) is 8.16. The summed E-state index contributed by atoms with van der Waals surface area (Å²) in [5.74, 6) is 0.858. The first-order valence-electron chi connectivity index (χ1n) is 5.04. The summed E-state index contributed by atoms with van der Waals surface area (Å²) in [6.45, 7) is 5.84. The number of rotatable bonds is 2. The standard InChI is InChI=1S/C10H17N3/c1-9-3-2-4-13(6-9)7-10-5-11-8-12-10/h5,8-9H,2-4,6-7H2,1H3,(H,11,12). The van der Waals surface area contributed by atoms with Crippen LogP contribution in [0.5, 0.6) is 0 Å². The van der Waals surface area contributed by atoms with Crippen LogP contribution < -0.4 is 0 Å². The van der Waals surface area contributed by atoms with Crippen LogP contribution >= 0.6 is 0 Å². The Morgan fingerprint density at radius 3 is 3.31 bits per heavy atom. The number of H-pyrrole nitrogens is 1. The van der Waals surface area contributed by atoms with Crippen LogP contribution in [-0.2, 0) is 6.54 Å². The SMILES string of the molecule is CC1CCCN(Cc2cnc[nH]2)C1. The molecule has 1 aromatic rings. The highest BCUT2D eigenvalue weighted by Gasteiger charge is 2.16. The Labute approximate surface area is 79.2 Å². The Bertz CT molecular complexity index is 243. The molecule has 2 rings (SSSR count). The van der Waals surface area contributed by atoms with Crippen molar-refractivity contribution in [1.82, 2.24) is 14.9 Å². The minimum Gasteiger partial charge on any atom is -0.347 e. The average molecular weight is 179 g/mol. The number of piperidine rings is 1. The second kappa shape index (κ2) is 3.92. The molecule has 2 heterocycles. The van der Waals surface area contributed by atoms with Gasteiger partial charge in [0.15, 0.2) is 0 Å². The van der Waals surface area contributed by atoms with E-state index < -0.39 is 0 Å². The van der Waals surface area contributed by atoms with Crippen LogP contribution in [0.1, 0.15) is 25.5 Å². The number of hydrogen-bond acceptors (Lipinski definition) is 2. The van der Waals surface area contributed by atoms with Gasteiger partial charge in [-0.05, 0) is 25.3 Å². The van der Waals surface area contributed by atoms with Crippen molar-refractivity contribution >= 4 is 0 Å². The van der Waals surface area contributed by atoms with E-state index >= 15 is 0 Å². The quantitative estimate of drug-likeness (QED) is 0.748. The summed E-state index contributed by atoms with van der Waals surface area (Å²) in [6.07, 6.45) is 6.40. The van der Waals surface area contributed by atoms with Crippen molar-refractivity contribution < 1.29 is 0 Å². The van der Waals surface area contributed by atoms with Gasteiger partial charge in [0.1, 0.15) is 0 Å². The normalized spacial score (nSPS) is 24.8. The number of nitrogens with one attached hydrogen (secondary N) is 1. The van der Waals surface area contributed by atoms with E-state index in [4.69, 9.17) is 0 Å². The predicted molar refractivity (Wildman–Crippen MR) is 52.3 cm³/mol. The van der Waals surface area contributed by atoms with Crippen LogP contribution in [-0.4, -0.2) is 28.0 Å². The van der Waals surface area contributed by atoms with Crippen molar-refractivity contribution in [2.45, 2.75) is 26.3 Å². The van der Waals surface area contributed by atoms with Crippen LogP contribution in [0.25, 0.3) is 0 Å². The number of aromatic nitrogens is 2. The Hall–Kier alpha value is -0.830. The maximum atomic E-state index is 4.02. The lowest BCUT2D eigenvalue weighted by molar-refractivity contribution is 0.175. The van der Waals surface area contributed by atoms with Gasteiger partial charge in [0.05, 0.1) is 6.33 Å². The highest BCUT2D eigenvalue weighted by molar-refractivity contribution is 4.94. The van der Waals surface area contributed by atoms with E-state index in [0.29, 0.717) is 0 Å². The first kappa shape index (κ1) is 8.75. The molecule has 1 aliphatic heterocycles. The molecule has 0 bridgehead atoms. The van der Waals surface area contributed by atoms with E-state index in [1.807, 2.05) is 6.20 Å². The molecule has 1 atom stereocenters. The molecule has 0 aromatic carbocycles. The van der Waals surface area contributed by atoms with Gasteiger partial charge in [0.2, 0.25) is 0 Å². The average Bonchev–Trinajstić information content (AvgIpc) is 2.57. The van der Waals surface area contributed by atoms with Crippen LogP contribution in [0, 0.1) is 5.92 Å². The molecular formula is C10H17N3. The number of aromatic amines is 1. The first-order chi connectivity index (χ1) is 6.34. The van der Waals surface area contributed by atoms with E-state index in [-0.39, 0.29) is 0 Å². The van der Waals surface area contributed by atoms with E-state index in [1.165, 1.54) is 31.6 Å². The Morgan fingerprint density at radius 2 is 2.62 bits per heavy atom. The van der Waals surface area contributed by atoms with E-state index in [1.54, 1.807) is 6.33 Å². The van der Waals surface area contributed by atoms with Gasteiger partial charge in [-0.2, -0.15) is 0 Å². The highest BCUT2D eigenvalue weighted by atomic mass is 15.1. The van der Waals surface area contributed by atoms with Gasteiger partial charge >= 0.3 is 0 Å². The van der Waals surface area contributed by atoms with E-state index in [9.17, 15) is 0 Å². The van der Waals surface area contributed by atoms with Crippen molar-refractivity contribution in [2.75, 3.05) is 13.1 Å². The molecule has 0 spiro atoms. The first-order valence-corrected chi connectivity index (χ1v) is 5.04. The minimum absolute atomic E-state index is 0.858. The van der Waals surface area contributed by atoms with Gasteiger partial charge in [-0.15, -0.1) is 0 Å². The lowest BCUT2D eigenvalue weighted by Crippen LogP contribution is -2.33. The van der Waals surface area contributed by atoms with Gasteiger partial charge in [0.25, 0.3) is 0 Å². The second-order valence-electron chi connectivity index (χ2n) is 4.06. The highest BCUT2D eigenvalue weighted by Crippen LogP contribution is 2.16. The molecule has 1 fully saturated rings. The van der Waals surface area contributed by atoms with Gasteiger partial charge in [-0.3, -0.25) is 4.90 Å². The van der Waals surface area contributed by atoms with Gasteiger partial charge in [-0.1, -0.05) is 6.92 Å². The molecule has 1 unspecified atom stereocenters. The fourth-order valence-electron chi connectivity index (χ4n) is 2.04. The van der Waals surface area contributed by atoms with Gasteiger partial charge < -0.3 is 4.98 Å². The molecule has 0 saturated carbocycles. The van der Waals surface area contributed by atoms with E-state index in [0.717, 1.165) is 12.5 Å². The van der Waals surface area contributed by atoms with Crippen LogP contribution in [0.15, 0.2) is 12.5 Å². The monoisotopic (exact) mass is 179 g/mol. The Balaban J connectivity index is 1.87. The summed E-state index contributed by atoms with van der Waals surface area (Å²) < 4.78 is 0. The summed E-state index contributed by atoms with van der Waals surface area (Å²) in [5, 5.41) is 0. The minimum atomic E-state index is 0.858. The van der Waals surface area contributed by atoms with Crippen molar-refractivity contribution in [3.63, 3.8) is 0 Å². The topological polar surface area (TPSA) is 31.9 Å². The molecule has 1 saturated heterocycles. The van der Waals surface area contributed by atoms with Crippen LogP contribution in [0.3, 0.4) is 0 Å². The fraction of sp³-hybridized carbons (Fsp3) is 0.700. The molecule has 72 valence electrons. The van der Waals surface area contributed by atoms with Gasteiger partial charge in [-0.25, -0.2) is 4.98 Å². The molecule has 1 aliphatic rings. The summed E-state index contributed by atoms with van der Waals surface area (Å²) in [5.41, 5.74) is 1.23. The van der Waals surface area contributed by atoms with Crippen LogP contribution in [0.2, 0.25) is 0 Å².